The Morgan fingerprint density at radius 2 is 1.96 bits per heavy atom. The van der Waals surface area contributed by atoms with Gasteiger partial charge in [-0.1, -0.05) is 47.2 Å². The Hall–Kier alpha value is -2.77. The van der Waals surface area contributed by atoms with E-state index in [0.29, 0.717) is 20.6 Å². The fourth-order valence-corrected chi connectivity index (χ4v) is 5.09. The number of hydrogen-bond acceptors (Lipinski definition) is 6. The quantitative estimate of drug-likeness (QED) is 0.624. The molecule has 1 aliphatic rings. The Labute approximate surface area is 169 Å². The van der Waals surface area contributed by atoms with Gasteiger partial charge in [-0.05, 0) is 36.9 Å². The van der Waals surface area contributed by atoms with Gasteiger partial charge in [0.05, 0.1) is 22.9 Å². The zero-order chi connectivity index (χ0) is 19.8. The fourth-order valence-electron chi connectivity index (χ4n) is 3.22. The van der Waals surface area contributed by atoms with Gasteiger partial charge >= 0.3 is 5.97 Å². The lowest BCUT2D eigenvalue weighted by Gasteiger charge is -2.22. The second kappa shape index (κ2) is 7.33. The van der Waals surface area contributed by atoms with E-state index in [1.54, 1.807) is 11.5 Å². The number of methoxy groups -OCH3 is 1. The second-order valence-electron chi connectivity index (χ2n) is 6.50. The van der Waals surface area contributed by atoms with E-state index in [1.165, 1.54) is 29.8 Å². The van der Waals surface area contributed by atoms with E-state index in [4.69, 9.17) is 4.74 Å². The first kappa shape index (κ1) is 18.6. The molecule has 7 heteroatoms. The van der Waals surface area contributed by atoms with Crippen molar-refractivity contribution < 1.29 is 9.53 Å². The minimum absolute atomic E-state index is 0.156. The number of fused-ring (bicyclic) bond motifs is 1. The van der Waals surface area contributed by atoms with Gasteiger partial charge in [-0.3, -0.25) is 9.36 Å². The summed E-state index contributed by atoms with van der Waals surface area (Å²) in [6, 6.07) is 11.3. The summed E-state index contributed by atoms with van der Waals surface area (Å²) in [4.78, 5) is 31.8. The summed E-state index contributed by atoms with van der Waals surface area (Å²) >= 11 is 2.84. The molecule has 2 aromatic heterocycles. The highest BCUT2D eigenvalue weighted by molar-refractivity contribution is 7.10. The molecule has 28 heavy (non-hydrogen) atoms. The molecular weight excluding hydrogens is 392 g/mol. The van der Waals surface area contributed by atoms with Gasteiger partial charge in [0.25, 0.3) is 5.56 Å². The normalized spacial score (nSPS) is 16.7. The predicted octanol–water partition coefficient (Wildman–Crippen LogP) is 2.78. The van der Waals surface area contributed by atoms with E-state index < -0.39 is 12.0 Å². The number of allylic oxidation sites excluding steroid dienone is 1. The van der Waals surface area contributed by atoms with Gasteiger partial charge in [-0.25, -0.2) is 9.79 Å². The molecule has 142 valence electrons. The third-order valence-electron chi connectivity index (χ3n) is 4.61. The van der Waals surface area contributed by atoms with Crippen LogP contribution in [0.5, 0.6) is 0 Å². The van der Waals surface area contributed by atoms with Crippen LogP contribution < -0.4 is 14.9 Å². The molecule has 0 spiro atoms. The van der Waals surface area contributed by atoms with Crippen LogP contribution in [0.15, 0.2) is 62.8 Å². The lowest BCUT2D eigenvalue weighted by atomic mass is 10.0. The van der Waals surface area contributed by atoms with Crippen LogP contribution in [-0.4, -0.2) is 17.6 Å². The molecule has 0 fully saturated rings. The van der Waals surface area contributed by atoms with Gasteiger partial charge in [0.15, 0.2) is 4.80 Å². The number of hydrogen-bond donors (Lipinski definition) is 0. The maximum Gasteiger partial charge on any atom is 0.338 e. The molecule has 0 radical (unpaired) electrons. The first-order valence-electron chi connectivity index (χ1n) is 8.70. The fraction of sp³-hybridized carbons (Fsp3) is 0.190. The molecule has 0 unspecified atom stereocenters. The Kier molecular flexibility index (Phi) is 4.87. The number of thiazole rings is 1. The van der Waals surface area contributed by atoms with Crippen LogP contribution in [-0.2, 0) is 9.53 Å². The first-order chi connectivity index (χ1) is 13.5. The minimum atomic E-state index is -0.524. The number of rotatable bonds is 3. The van der Waals surface area contributed by atoms with Crippen LogP contribution >= 0.6 is 22.7 Å². The van der Waals surface area contributed by atoms with Crippen LogP contribution in [0.2, 0.25) is 0 Å². The summed E-state index contributed by atoms with van der Waals surface area (Å²) in [6.07, 6.45) is 1.87. The van der Waals surface area contributed by atoms with E-state index in [1.807, 2.05) is 54.8 Å². The number of nitrogens with zero attached hydrogens (tertiary/aromatic N) is 2. The van der Waals surface area contributed by atoms with Crippen molar-refractivity contribution in [1.82, 2.24) is 4.57 Å². The molecule has 0 aliphatic carbocycles. The number of aryl methyl sites for hydroxylation is 1. The average Bonchev–Trinajstić information content (AvgIpc) is 3.31. The van der Waals surface area contributed by atoms with E-state index >= 15 is 0 Å². The second-order valence-corrected chi connectivity index (χ2v) is 8.49. The highest BCUT2D eigenvalue weighted by Gasteiger charge is 2.33. The van der Waals surface area contributed by atoms with E-state index in [-0.39, 0.29) is 5.56 Å². The summed E-state index contributed by atoms with van der Waals surface area (Å²) in [5.74, 6) is -0.465. The van der Waals surface area contributed by atoms with Crippen molar-refractivity contribution in [2.45, 2.75) is 19.9 Å². The van der Waals surface area contributed by atoms with Gasteiger partial charge in [-0.2, -0.15) is 0 Å². The zero-order valence-corrected chi connectivity index (χ0v) is 17.3. The number of esters is 1. The van der Waals surface area contributed by atoms with Crippen LogP contribution in [0, 0.1) is 6.92 Å². The summed E-state index contributed by atoms with van der Waals surface area (Å²) in [5.41, 5.74) is 2.94. The predicted molar refractivity (Wildman–Crippen MR) is 111 cm³/mol. The SMILES string of the molecule is COC(=O)C1=C(C)N=c2s/c(=C/c3ccc(C)cc3)c(=O)n2[C@H]1c1cccs1. The molecule has 4 rings (SSSR count). The van der Waals surface area contributed by atoms with Crippen molar-refractivity contribution in [2.24, 2.45) is 4.99 Å². The number of benzene rings is 1. The minimum Gasteiger partial charge on any atom is -0.466 e. The van der Waals surface area contributed by atoms with E-state index in [0.717, 1.165) is 16.0 Å². The third kappa shape index (κ3) is 3.16. The highest BCUT2D eigenvalue weighted by atomic mass is 32.1. The number of aromatic nitrogens is 1. The van der Waals surface area contributed by atoms with Crippen molar-refractivity contribution in [1.29, 1.82) is 0 Å². The monoisotopic (exact) mass is 410 g/mol. The number of carbonyl (C=O) groups is 1. The molecular formula is C21H18N2O3S2. The van der Waals surface area contributed by atoms with Crippen molar-refractivity contribution in [2.75, 3.05) is 7.11 Å². The lowest BCUT2D eigenvalue weighted by molar-refractivity contribution is -0.136. The third-order valence-corrected chi connectivity index (χ3v) is 6.52. The maximum atomic E-state index is 13.3. The van der Waals surface area contributed by atoms with Gasteiger partial charge in [0.2, 0.25) is 0 Å². The van der Waals surface area contributed by atoms with Crippen LogP contribution in [0.4, 0.5) is 0 Å². The molecule has 0 saturated carbocycles. The maximum absolute atomic E-state index is 13.3. The molecule has 3 heterocycles. The average molecular weight is 411 g/mol. The Bertz CT molecular complexity index is 1250. The smallest absolute Gasteiger partial charge is 0.338 e. The van der Waals surface area contributed by atoms with Crippen LogP contribution in [0.1, 0.15) is 29.0 Å². The van der Waals surface area contributed by atoms with E-state index in [9.17, 15) is 9.59 Å². The Balaban J connectivity index is 1.96. The van der Waals surface area contributed by atoms with Crippen LogP contribution in [0.3, 0.4) is 0 Å². The zero-order valence-electron chi connectivity index (χ0n) is 15.6. The van der Waals surface area contributed by atoms with Crippen molar-refractivity contribution in [3.63, 3.8) is 0 Å². The van der Waals surface area contributed by atoms with Gasteiger partial charge in [0.1, 0.15) is 6.04 Å². The summed E-state index contributed by atoms with van der Waals surface area (Å²) in [5, 5.41) is 1.93. The number of ether oxygens (including phenoxy) is 1. The topological polar surface area (TPSA) is 60.7 Å². The molecule has 1 aromatic carbocycles. The Morgan fingerprint density at radius 1 is 1.21 bits per heavy atom. The molecule has 1 atom stereocenters. The van der Waals surface area contributed by atoms with Gasteiger partial charge in [0, 0.05) is 4.88 Å². The van der Waals surface area contributed by atoms with Crippen LogP contribution in [0.25, 0.3) is 6.08 Å². The van der Waals surface area contributed by atoms with E-state index in [2.05, 4.69) is 4.99 Å². The largest absolute Gasteiger partial charge is 0.466 e. The molecule has 1 aliphatic heterocycles. The molecule has 0 bridgehead atoms. The Morgan fingerprint density at radius 3 is 2.61 bits per heavy atom. The van der Waals surface area contributed by atoms with Crippen molar-refractivity contribution in [3.8, 4) is 0 Å². The summed E-state index contributed by atoms with van der Waals surface area (Å²) in [6.45, 7) is 3.81. The van der Waals surface area contributed by atoms with Crippen molar-refractivity contribution in [3.05, 3.63) is 88.7 Å². The summed E-state index contributed by atoms with van der Waals surface area (Å²) in [7, 11) is 1.34. The summed E-state index contributed by atoms with van der Waals surface area (Å²) < 4.78 is 7.18. The number of carbonyl (C=O) groups excluding carboxylic acids is 1. The lowest BCUT2D eigenvalue weighted by Crippen LogP contribution is -2.39. The van der Waals surface area contributed by atoms with Gasteiger partial charge < -0.3 is 4.74 Å². The molecule has 0 saturated heterocycles. The first-order valence-corrected chi connectivity index (χ1v) is 10.4. The van der Waals surface area contributed by atoms with Gasteiger partial charge in [-0.15, -0.1) is 11.3 Å². The molecule has 0 N–H and O–H groups in total. The van der Waals surface area contributed by atoms with Crippen molar-refractivity contribution >= 4 is 34.7 Å². The molecule has 0 amide bonds. The molecule has 3 aromatic rings. The molecule has 5 nitrogen and oxygen atoms in total. The standard InChI is InChI=1S/C21H18N2O3S2/c1-12-6-8-14(9-7-12)11-16-19(24)23-18(15-5-4-10-27-15)17(20(25)26-3)13(2)22-21(23)28-16/h4-11,18H,1-3H3/b16-11+/t18-/m0/s1. The number of thiophene rings is 1. The highest BCUT2D eigenvalue weighted by Crippen LogP contribution is 2.32.